The fourth-order valence-corrected chi connectivity index (χ4v) is 2.53. The second-order valence-corrected chi connectivity index (χ2v) is 4.91. The van der Waals surface area contributed by atoms with E-state index in [1.807, 2.05) is 0 Å². The molecule has 7 nitrogen and oxygen atoms in total. The lowest BCUT2D eigenvalue weighted by molar-refractivity contribution is -0.384. The van der Waals surface area contributed by atoms with E-state index in [0.29, 0.717) is 5.69 Å². The molecule has 0 radical (unpaired) electrons. The second kappa shape index (κ2) is 4.93. The second-order valence-electron chi connectivity index (χ2n) is 4.91. The van der Waals surface area contributed by atoms with Gasteiger partial charge in [0.25, 0.3) is 0 Å². The largest absolute Gasteiger partial charge is 0.378 e. The first-order valence-corrected chi connectivity index (χ1v) is 6.18. The molecule has 7 heteroatoms. The topological polar surface area (TPSA) is 90.2 Å². The summed E-state index contributed by atoms with van der Waals surface area (Å²) < 4.78 is 1.65. The van der Waals surface area contributed by atoms with Crippen molar-refractivity contribution in [2.75, 3.05) is 25.9 Å². The van der Waals surface area contributed by atoms with Gasteiger partial charge in [-0.25, -0.2) is 4.68 Å². The van der Waals surface area contributed by atoms with Gasteiger partial charge in [-0.3, -0.25) is 10.1 Å². The van der Waals surface area contributed by atoms with Crippen LogP contribution in [0.4, 0.5) is 11.5 Å². The molecule has 0 amide bonds. The van der Waals surface area contributed by atoms with E-state index in [-0.39, 0.29) is 17.5 Å². The molecule has 2 rings (SSSR count). The molecule has 2 N–H and O–H groups in total. The number of hydrogen-bond acceptors (Lipinski definition) is 5. The molecule has 1 saturated heterocycles. The van der Waals surface area contributed by atoms with Gasteiger partial charge in [-0.2, -0.15) is 5.10 Å². The normalized spacial score (nSPS) is 21.8. The van der Waals surface area contributed by atoms with Gasteiger partial charge in [0, 0.05) is 0 Å². The Labute approximate surface area is 106 Å². The molecule has 0 spiro atoms. The maximum absolute atomic E-state index is 10.9. The Balaban J connectivity index is 2.28. The highest BCUT2D eigenvalue weighted by Gasteiger charge is 2.27. The molecule has 100 valence electrons. The van der Waals surface area contributed by atoms with Crippen LogP contribution in [0, 0.1) is 17.0 Å². The van der Waals surface area contributed by atoms with Gasteiger partial charge in [0.2, 0.25) is 5.82 Å². The summed E-state index contributed by atoms with van der Waals surface area (Å²) in [6, 6.07) is 0.169. The summed E-state index contributed by atoms with van der Waals surface area (Å²) in [5, 5.41) is 15.2. The molecule has 18 heavy (non-hydrogen) atoms. The third-order valence-electron chi connectivity index (χ3n) is 3.54. The minimum atomic E-state index is -0.447. The maximum atomic E-state index is 10.9. The number of likely N-dealkylation sites (tertiary alicyclic amines) is 1. The molecule has 0 bridgehead atoms. The highest BCUT2D eigenvalue weighted by molar-refractivity contribution is 5.56. The first-order chi connectivity index (χ1) is 8.50. The lowest BCUT2D eigenvalue weighted by Gasteiger charge is -2.16. The quantitative estimate of drug-likeness (QED) is 0.634. The Hall–Kier alpha value is -1.63. The van der Waals surface area contributed by atoms with Gasteiger partial charge in [-0.15, -0.1) is 0 Å². The third-order valence-corrected chi connectivity index (χ3v) is 3.54. The van der Waals surface area contributed by atoms with E-state index in [2.05, 4.69) is 17.0 Å². The number of anilines is 1. The van der Waals surface area contributed by atoms with Crippen LogP contribution in [-0.2, 0) is 0 Å². The van der Waals surface area contributed by atoms with Crippen LogP contribution in [0.25, 0.3) is 0 Å². The smallest absolute Gasteiger partial charge is 0.333 e. The lowest BCUT2D eigenvalue weighted by atomic mass is 10.1. The van der Waals surface area contributed by atoms with Crippen molar-refractivity contribution in [1.82, 2.24) is 14.7 Å². The molecule has 1 fully saturated rings. The first kappa shape index (κ1) is 12.8. The molecule has 1 aliphatic heterocycles. The Morgan fingerprint density at radius 1 is 1.44 bits per heavy atom. The lowest BCUT2D eigenvalue weighted by Crippen LogP contribution is -2.20. The van der Waals surface area contributed by atoms with E-state index >= 15 is 0 Å². The number of rotatable bonds is 2. The zero-order valence-corrected chi connectivity index (χ0v) is 10.8. The minimum Gasteiger partial charge on any atom is -0.378 e. The summed E-state index contributed by atoms with van der Waals surface area (Å²) in [5.74, 6) is 0.187. The number of hydrogen-bond donors (Lipinski definition) is 1. The van der Waals surface area contributed by atoms with Crippen LogP contribution < -0.4 is 5.73 Å². The van der Waals surface area contributed by atoms with Crippen molar-refractivity contribution >= 4 is 11.5 Å². The Kier molecular flexibility index (Phi) is 3.51. The Bertz CT molecular complexity index is 457. The summed E-state index contributed by atoms with van der Waals surface area (Å²) >= 11 is 0. The monoisotopic (exact) mass is 253 g/mol. The number of nitrogens with zero attached hydrogens (tertiary/aromatic N) is 4. The zero-order chi connectivity index (χ0) is 13.3. The summed E-state index contributed by atoms with van der Waals surface area (Å²) in [5.41, 5.74) is 6.22. The molecule has 1 unspecified atom stereocenters. The fraction of sp³-hybridized carbons (Fsp3) is 0.727. The van der Waals surface area contributed by atoms with E-state index < -0.39 is 4.92 Å². The van der Waals surface area contributed by atoms with Crippen LogP contribution in [-0.4, -0.2) is 39.7 Å². The molecular formula is C11H19N5O2. The van der Waals surface area contributed by atoms with Gasteiger partial charge < -0.3 is 10.6 Å². The zero-order valence-electron chi connectivity index (χ0n) is 10.8. The van der Waals surface area contributed by atoms with Crippen molar-refractivity contribution in [2.45, 2.75) is 32.2 Å². The van der Waals surface area contributed by atoms with Gasteiger partial charge in [0.1, 0.15) is 5.69 Å². The summed E-state index contributed by atoms with van der Waals surface area (Å²) in [7, 11) is 2.09. The fourth-order valence-electron chi connectivity index (χ4n) is 2.53. The number of aryl methyl sites for hydroxylation is 1. The average molecular weight is 253 g/mol. The number of nitrogens with two attached hydrogens (primary N) is 1. The molecule has 0 aromatic carbocycles. The molecule has 1 aromatic rings. The van der Waals surface area contributed by atoms with Crippen LogP contribution in [0.2, 0.25) is 0 Å². The average Bonchev–Trinajstić information content (AvgIpc) is 2.47. The molecule has 1 aromatic heterocycles. The summed E-state index contributed by atoms with van der Waals surface area (Å²) in [4.78, 5) is 12.7. The van der Waals surface area contributed by atoms with Gasteiger partial charge in [0.15, 0.2) is 0 Å². The highest BCUT2D eigenvalue weighted by Crippen LogP contribution is 2.31. The SMILES string of the molecule is Cc1nn(C2CCCN(C)CC2)c(N)c1[N+](=O)[O-]. The van der Waals surface area contributed by atoms with Crippen LogP contribution in [0.1, 0.15) is 31.0 Å². The number of aromatic nitrogens is 2. The Morgan fingerprint density at radius 3 is 2.78 bits per heavy atom. The highest BCUT2D eigenvalue weighted by atomic mass is 16.6. The molecule has 1 atom stereocenters. The van der Waals surface area contributed by atoms with Crippen molar-refractivity contribution in [1.29, 1.82) is 0 Å². The molecule has 0 aliphatic carbocycles. The Morgan fingerprint density at radius 2 is 2.17 bits per heavy atom. The van der Waals surface area contributed by atoms with E-state index in [9.17, 15) is 10.1 Å². The predicted octanol–water partition coefficient (Wildman–Crippen LogP) is 1.34. The van der Waals surface area contributed by atoms with Crippen molar-refractivity contribution in [3.63, 3.8) is 0 Å². The van der Waals surface area contributed by atoms with Gasteiger partial charge in [-0.1, -0.05) is 0 Å². The first-order valence-electron chi connectivity index (χ1n) is 6.18. The minimum absolute atomic E-state index is 0.0485. The van der Waals surface area contributed by atoms with Gasteiger partial charge in [-0.05, 0) is 46.3 Å². The maximum Gasteiger partial charge on any atom is 0.333 e. The van der Waals surface area contributed by atoms with Crippen molar-refractivity contribution in [2.24, 2.45) is 0 Å². The van der Waals surface area contributed by atoms with Crippen molar-refractivity contribution in [3.8, 4) is 0 Å². The molecule has 0 saturated carbocycles. The number of nitro groups is 1. The van der Waals surface area contributed by atoms with Crippen molar-refractivity contribution < 1.29 is 4.92 Å². The van der Waals surface area contributed by atoms with Crippen LogP contribution >= 0.6 is 0 Å². The van der Waals surface area contributed by atoms with Crippen molar-refractivity contribution in [3.05, 3.63) is 15.8 Å². The standard InChI is InChI=1S/C11H19N5O2/c1-8-10(16(17)18)11(12)15(13-8)9-4-3-6-14(2)7-5-9/h9H,3-7,12H2,1-2H3. The van der Waals surface area contributed by atoms with Gasteiger partial charge in [0.05, 0.1) is 11.0 Å². The summed E-state index contributed by atoms with van der Waals surface area (Å²) in [6.45, 7) is 3.66. The van der Waals surface area contributed by atoms with Crippen LogP contribution in [0.5, 0.6) is 0 Å². The molecular weight excluding hydrogens is 234 g/mol. The van der Waals surface area contributed by atoms with Crippen LogP contribution in [0.15, 0.2) is 0 Å². The van der Waals surface area contributed by atoms with E-state index in [4.69, 9.17) is 5.73 Å². The van der Waals surface area contributed by atoms with E-state index in [1.54, 1.807) is 11.6 Å². The predicted molar refractivity (Wildman–Crippen MR) is 68.4 cm³/mol. The van der Waals surface area contributed by atoms with E-state index in [1.165, 1.54) is 0 Å². The number of nitrogen functional groups attached to an aromatic ring is 1. The van der Waals surface area contributed by atoms with Crippen LogP contribution in [0.3, 0.4) is 0 Å². The molecule has 2 heterocycles. The van der Waals surface area contributed by atoms with Gasteiger partial charge >= 0.3 is 5.69 Å². The molecule has 1 aliphatic rings. The summed E-state index contributed by atoms with van der Waals surface area (Å²) in [6.07, 6.45) is 2.96. The third kappa shape index (κ3) is 2.31. The van der Waals surface area contributed by atoms with E-state index in [0.717, 1.165) is 32.4 Å².